The van der Waals surface area contributed by atoms with E-state index in [1.807, 2.05) is 6.07 Å². The molecule has 0 aromatic heterocycles. The van der Waals surface area contributed by atoms with Gasteiger partial charge in [0, 0.05) is 0 Å². The van der Waals surface area contributed by atoms with Crippen LogP contribution in [0.4, 0.5) is 11.4 Å². The molecule has 0 spiro atoms. The van der Waals surface area contributed by atoms with Gasteiger partial charge in [0.25, 0.3) is 0 Å². The summed E-state index contributed by atoms with van der Waals surface area (Å²) < 4.78 is 4.64. The molecule has 7 heteroatoms. The number of benzene rings is 2. The first kappa shape index (κ1) is 17.7. The van der Waals surface area contributed by atoms with Crippen LogP contribution in [0.15, 0.2) is 48.5 Å². The molecular formula is C18H15N3O4. The standard InChI is InChI=1S/C18H15N3O4/c1-25-18(24)13-7-3-5-9-15(13)21-17(23)10-16(22)20-14-8-4-2-6-12(14)11-19/h2-9H,10H2,1H3,(H,20,22)(H,21,23). The number of rotatable bonds is 5. The SMILES string of the molecule is COC(=O)c1ccccc1NC(=O)CC(=O)Nc1ccccc1C#N. The van der Waals surface area contributed by atoms with Gasteiger partial charge >= 0.3 is 5.97 Å². The van der Waals surface area contributed by atoms with Crippen molar-refractivity contribution in [1.82, 2.24) is 0 Å². The number of nitrogens with zero attached hydrogens (tertiary/aromatic N) is 1. The summed E-state index contributed by atoms with van der Waals surface area (Å²) in [6, 6.07) is 14.7. The first-order chi connectivity index (χ1) is 12.0. The molecule has 0 saturated heterocycles. The van der Waals surface area contributed by atoms with Crippen molar-refractivity contribution >= 4 is 29.2 Å². The normalized spacial score (nSPS) is 9.60. The molecule has 0 radical (unpaired) electrons. The number of hydrogen-bond acceptors (Lipinski definition) is 5. The number of carbonyl (C=O) groups excluding carboxylic acids is 3. The molecular weight excluding hydrogens is 322 g/mol. The van der Waals surface area contributed by atoms with E-state index in [9.17, 15) is 14.4 Å². The molecule has 2 aromatic rings. The van der Waals surface area contributed by atoms with Crippen LogP contribution in [0.5, 0.6) is 0 Å². The maximum atomic E-state index is 12.0. The second-order valence-corrected chi connectivity index (χ2v) is 4.97. The molecule has 2 aromatic carbocycles. The zero-order chi connectivity index (χ0) is 18.2. The summed E-state index contributed by atoms with van der Waals surface area (Å²) >= 11 is 0. The molecule has 0 fully saturated rings. The van der Waals surface area contributed by atoms with Crippen molar-refractivity contribution in [3.63, 3.8) is 0 Å². The van der Waals surface area contributed by atoms with E-state index in [0.29, 0.717) is 11.3 Å². The molecule has 0 atom stereocenters. The predicted molar refractivity (Wildman–Crippen MR) is 90.8 cm³/mol. The van der Waals surface area contributed by atoms with E-state index in [-0.39, 0.29) is 11.3 Å². The number of methoxy groups -OCH3 is 1. The molecule has 2 amide bonds. The quantitative estimate of drug-likeness (QED) is 0.643. The molecule has 7 nitrogen and oxygen atoms in total. The number of para-hydroxylation sites is 2. The largest absolute Gasteiger partial charge is 0.465 e. The Hall–Kier alpha value is -3.66. The Morgan fingerprint density at radius 1 is 0.960 bits per heavy atom. The number of esters is 1. The lowest BCUT2D eigenvalue weighted by Crippen LogP contribution is -2.22. The highest BCUT2D eigenvalue weighted by molar-refractivity contribution is 6.10. The molecule has 0 heterocycles. The van der Waals surface area contributed by atoms with Gasteiger partial charge in [0.2, 0.25) is 11.8 Å². The second kappa shape index (κ2) is 8.26. The summed E-state index contributed by atoms with van der Waals surface area (Å²) in [5.74, 6) is -1.76. The van der Waals surface area contributed by atoms with Crippen LogP contribution in [0.25, 0.3) is 0 Å². The molecule has 0 aliphatic carbocycles. The molecule has 0 bridgehead atoms. The smallest absolute Gasteiger partial charge is 0.339 e. The highest BCUT2D eigenvalue weighted by Crippen LogP contribution is 2.17. The van der Waals surface area contributed by atoms with Gasteiger partial charge in [0.1, 0.15) is 12.5 Å². The van der Waals surface area contributed by atoms with Gasteiger partial charge in [0.15, 0.2) is 0 Å². The van der Waals surface area contributed by atoms with Crippen LogP contribution >= 0.6 is 0 Å². The fraction of sp³-hybridized carbons (Fsp3) is 0.111. The lowest BCUT2D eigenvalue weighted by Gasteiger charge is -2.10. The number of carbonyl (C=O) groups is 3. The van der Waals surface area contributed by atoms with Crippen molar-refractivity contribution in [3.05, 3.63) is 59.7 Å². The van der Waals surface area contributed by atoms with Crippen molar-refractivity contribution in [3.8, 4) is 6.07 Å². The minimum atomic E-state index is -0.594. The van der Waals surface area contributed by atoms with Crippen LogP contribution in [0.3, 0.4) is 0 Å². The number of anilines is 2. The number of hydrogen-bond donors (Lipinski definition) is 2. The fourth-order valence-corrected chi connectivity index (χ4v) is 2.10. The van der Waals surface area contributed by atoms with E-state index in [1.165, 1.54) is 19.2 Å². The molecule has 0 aliphatic rings. The molecule has 0 unspecified atom stereocenters. The van der Waals surface area contributed by atoms with E-state index in [2.05, 4.69) is 15.4 Å². The predicted octanol–water partition coefficient (Wildman–Crippen LogP) is 2.31. The molecule has 2 N–H and O–H groups in total. The van der Waals surface area contributed by atoms with E-state index in [4.69, 9.17) is 5.26 Å². The lowest BCUT2D eigenvalue weighted by atomic mass is 10.1. The van der Waals surface area contributed by atoms with Gasteiger partial charge in [-0.1, -0.05) is 24.3 Å². The monoisotopic (exact) mass is 337 g/mol. The van der Waals surface area contributed by atoms with E-state index in [1.54, 1.807) is 36.4 Å². The summed E-state index contributed by atoms with van der Waals surface area (Å²) in [5.41, 5.74) is 1.07. The highest BCUT2D eigenvalue weighted by atomic mass is 16.5. The second-order valence-electron chi connectivity index (χ2n) is 4.97. The van der Waals surface area contributed by atoms with Crippen molar-refractivity contribution < 1.29 is 19.1 Å². The summed E-state index contributed by atoms with van der Waals surface area (Å²) in [6.07, 6.45) is -0.463. The summed E-state index contributed by atoms with van der Waals surface area (Å²) in [6.45, 7) is 0. The highest BCUT2D eigenvalue weighted by Gasteiger charge is 2.16. The zero-order valence-corrected chi connectivity index (χ0v) is 13.4. The van der Waals surface area contributed by atoms with Crippen LogP contribution < -0.4 is 10.6 Å². The van der Waals surface area contributed by atoms with E-state index in [0.717, 1.165) is 0 Å². The maximum absolute atomic E-state index is 12.0. The van der Waals surface area contributed by atoms with Gasteiger partial charge < -0.3 is 15.4 Å². The topological polar surface area (TPSA) is 108 Å². The van der Waals surface area contributed by atoms with Crippen LogP contribution in [0.1, 0.15) is 22.3 Å². The molecule has 2 rings (SSSR count). The lowest BCUT2D eigenvalue weighted by molar-refractivity contribution is -0.123. The van der Waals surface area contributed by atoms with Gasteiger partial charge in [-0.25, -0.2) is 4.79 Å². The average Bonchev–Trinajstić information content (AvgIpc) is 2.61. The van der Waals surface area contributed by atoms with Crippen LogP contribution in [0.2, 0.25) is 0 Å². The van der Waals surface area contributed by atoms with Gasteiger partial charge in [-0.3, -0.25) is 9.59 Å². The van der Waals surface area contributed by atoms with Gasteiger partial charge in [-0.2, -0.15) is 5.26 Å². The Morgan fingerprint density at radius 2 is 1.52 bits per heavy atom. The number of nitrogens with one attached hydrogen (secondary N) is 2. The minimum absolute atomic E-state index is 0.189. The average molecular weight is 337 g/mol. The number of amides is 2. The molecule has 126 valence electrons. The Labute approximate surface area is 144 Å². The van der Waals surface area contributed by atoms with Gasteiger partial charge in [0.05, 0.1) is 29.6 Å². The van der Waals surface area contributed by atoms with Crippen molar-refractivity contribution in [2.45, 2.75) is 6.42 Å². The van der Waals surface area contributed by atoms with Crippen LogP contribution in [-0.2, 0) is 14.3 Å². The Balaban J connectivity index is 2.02. The van der Waals surface area contributed by atoms with Crippen LogP contribution in [0, 0.1) is 11.3 Å². The van der Waals surface area contributed by atoms with Gasteiger partial charge in [-0.05, 0) is 24.3 Å². The Morgan fingerprint density at radius 3 is 2.16 bits per heavy atom. The molecule has 0 aliphatic heterocycles. The first-order valence-electron chi connectivity index (χ1n) is 7.31. The Bertz CT molecular complexity index is 855. The third kappa shape index (κ3) is 4.65. The van der Waals surface area contributed by atoms with Gasteiger partial charge in [-0.15, -0.1) is 0 Å². The first-order valence-corrected chi connectivity index (χ1v) is 7.31. The van der Waals surface area contributed by atoms with Crippen LogP contribution in [-0.4, -0.2) is 24.9 Å². The summed E-state index contributed by atoms with van der Waals surface area (Å²) in [4.78, 5) is 35.7. The zero-order valence-electron chi connectivity index (χ0n) is 13.4. The Kier molecular flexibility index (Phi) is 5.85. The third-order valence-electron chi connectivity index (χ3n) is 3.25. The van der Waals surface area contributed by atoms with Crippen molar-refractivity contribution in [2.75, 3.05) is 17.7 Å². The number of ether oxygens (including phenoxy) is 1. The number of nitriles is 1. The summed E-state index contributed by atoms with van der Waals surface area (Å²) in [7, 11) is 1.24. The maximum Gasteiger partial charge on any atom is 0.339 e. The molecule has 0 saturated carbocycles. The minimum Gasteiger partial charge on any atom is -0.465 e. The fourth-order valence-electron chi connectivity index (χ4n) is 2.10. The van der Waals surface area contributed by atoms with E-state index < -0.39 is 24.2 Å². The van der Waals surface area contributed by atoms with Crippen molar-refractivity contribution in [2.24, 2.45) is 0 Å². The van der Waals surface area contributed by atoms with E-state index >= 15 is 0 Å². The third-order valence-corrected chi connectivity index (χ3v) is 3.25. The van der Waals surface area contributed by atoms with Crippen molar-refractivity contribution in [1.29, 1.82) is 5.26 Å². The summed E-state index contributed by atoms with van der Waals surface area (Å²) in [5, 5.41) is 14.0. The molecule has 25 heavy (non-hydrogen) atoms.